The van der Waals surface area contributed by atoms with Gasteiger partial charge in [-0.1, -0.05) is 54.6 Å². The zero-order valence-electron chi connectivity index (χ0n) is 10.6. The first kappa shape index (κ1) is 8.08. The van der Waals surface area contributed by atoms with Crippen molar-refractivity contribution in [2.24, 2.45) is 0 Å². The molecule has 0 aliphatic rings. The molecule has 4 aromatic carbocycles. The van der Waals surface area contributed by atoms with Gasteiger partial charge in [0, 0.05) is 0 Å². The van der Waals surface area contributed by atoms with Crippen LogP contribution in [-0.4, -0.2) is 0 Å². The summed E-state index contributed by atoms with van der Waals surface area (Å²) in [6.07, 6.45) is 0. The van der Waals surface area contributed by atoms with Gasteiger partial charge in [-0.25, -0.2) is 0 Å². The van der Waals surface area contributed by atoms with Crippen LogP contribution in [0.2, 0.25) is 0 Å². The van der Waals surface area contributed by atoms with E-state index in [9.17, 15) is 0 Å². The van der Waals surface area contributed by atoms with E-state index in [0.29, 0.717) is 6.04 Å². The Morgan fingerprint density at radius 2 is 1.47 bits per heavy atom. The first-order valence-electron chi connectivity index (χ1n) is 6.39. The highest BCUT2D eigenvalue weighted by molar-refractivity contribution is 6.23. The zero-order chi connectivity index (χ0) is 12.3. The number of benzene rings is 4. The second kappa shape index (κ2) is 2.98. The Morgan fingerprint density at radius 1 is 0.765 bits per heavy atom. The summed E-state index contributed by atoms with van der Waals surface area (Å²) in [5.74, 6) is 0. The second-order valence-electron chi connectivity index (χ2n) is 4.65. The van der Waals surface area contributed by atoms with Crippen LogP contribution in [0.3, 0.4) is 0 Å². The smallest absolute Gasteiger partial charge is 0.0610 e. The minimum absolute atomic E-state index is 0.610. The van der Waals surface area contributed by atoms with E-state index in [2.05, 4.69) is 43.3 Å². The van der Waals surface area contributed by atoms with Gasteiger partial charge >= 0.3 is 0 Å². The summed E-state index contributed by atoms with van der Waals surface area (Å²) in [4.78, 5) is 0. The van der Waals surface area contributed by atoms with E-state index in [4.69, 9.17) is 1.37 Å². The summed E-state index contributed by atoms with van der Waals surface area (Å²) in [5.41, 5.74) is 1.30. The molecule has 80 valence electrons. The van der Waals surface area contributed by atoms with Crippen LogP contribution < -0.4 is 0 Å². The maximum Gasteiger partial charge on any atom is 0.0629 e. The predicted octanol–water partition coefficient (Wildman–Crippen LogP) is 4.89. The highest BCUT2D eigenvalue weighted by Crippen LogP contribution is 2.35. The molecule has 0 radical (unpaired) electrons. The van der Waals surface area contributed by atoms with Crippen LogP contribution in [0.4, 0.5) is 0 Å². The van der Waals surface area contributed by atoms with Crippen molar-refractivity contribution < 1.29 is 1.37 Å². The summed E-state index contributed by atoms with van der Waals surface area (Å²) in [6.45, 7) is 2.15. The molecule has 0 heterocycles. The van der Waals surface area contributed by atoms with Crippen molar-refractivity contribution in [2.75, 3.05) is 0 Å². The third-order valence-corrected chi connectivity index (χ3v) is 3.66. The molecule has 0 aromatic heterocycles. The largest absolute Gasteiger partial charge is 0.0629 e. The topological polar surface area (TPSA) is 0 Å². The molecule has 0 N–H and O–H groups in total. The Morgan fingerprint density at radius 3 is 2.41 bits per heavy atom. The molecule has 0 heteroatoms. The maximum absolute atomic E-state index is 8.06. The Hall–Kier alpha value is -2.08. The van der Waals surface area contributed by atoms with Crippen LogP contribution >= 0.6 is 0 Å². The minimum Gasteiger partial charge on any atom is -0.0610 e. The molecule has 0 unspecified atom stereocenters. The third kappa shape index (κ3) is 1.07. The number of aryl methyl sites for hydroxylation is 1. The van der Waals surface area contributed by atoms with Crippen molar-refractivity contribution in [3.05, 3.63) is 60.1 Å². The van der Waals surface area contributed by atoms with Gasteiger partial charge in [-0.3, -0.25) is 0 Å². The van der Waals surface area contributed by atoms with Gasteiger partial charge in [-0.15, -0.1) is 0 Å². The fourth-order valence-electron chi connectivity index (χ4n) is 2.80. The lowest BCUT2D eigenvalue weighted by Gasteiger charge is -2.11. The van der Waals surface area contributed by atoms with Crippen LogP contribution in [-0.2, 0) is 0 Å². The van der Waals surface area contributed by atoms with Crippen molar-refractivity contribution in [1.82, 2.24) is 0 Å². The first-order chi connectivity index (χ1) is 8.75. The van der Waals surface area contributed by atoms with Gasteiger partial charge in [-0.2, -0.15) is 0 Å². The SMILES string of the molecule is [3H]c1ccc2ccc3c(C)ccc4ccc1c2c43. The molecule has 0 aliphatic heterocycles. The van der Waals surface area contributed by atoms with Crippen LogP contribution in [0.5, 0.6) is 0 Å². The highest BCUT2D eigenvalue weighted by Gasteiger charge is 2.08. The van der Waals surface area contributed by atoms with Crippen LogP contribution in [0.15, 0.2) is 54.6 Å². The van der Waals surface area contributed by atoms with Gasteiger partial charge in [0.15, 0.2) is 0 Å². The molecule has 0 amide bonds. The van der Waals surface area contributed by atoms with Gasteiger partial charge in [0.2, 0.25) is 0 Å². The average Bonchev–Trinajstić information content (AvgIpc) is 2.40. The van der Waals surface area contributed by atoms with Crippen molar-refractivity contribution in [3.8, 4) is 0 Å². The van der Waals surface area contributed by atoms with Gasteiger partial charge in [0.05, 0.1) is 1.37 Å². The summed E-state index contributed by atoms with van der Waals surface area (Å²) >= 11 is 0. The molecular weight excluding hydrogens is 204 g/mol. The standard InChI is InChI=1S/C17H12/c1-11-5-6-14-8-7-12-3-2-4-13-9-10-15(11)17(14)16(12)13/h2-10H,1H3/i3T. The fraction of sp³-hybridized carbons (Fsp3) is 0.0588. The van der Waals surface area contributed by atoms with Crippen molar-refractivity contribution in [1.29, 1.82) is 0 Å². The molecule has 0 bridgehead atoms. The number of rotatable bonds is 0. The minimum atomic E-state index is 0.610. The van der Waals surface area contributed by atoms with Gasteiger partial charge in [0.1, 0.15) is 0 Å². The van der Waals surface area contributed by atoms with E-state index in [0.717, 1.165) is 5.39 Å². The fourth-order valence-corrected chi connectivity index (χ4v) is 2.80. The molecule has 0 nitrogen and oxygen atoms in total. The van der Waals surface area contributed by atoms with E-state index >= 15 is 0 Å². The van der Waals surface area contributed by atoms with Gasteiger partial charge in [-0.05, 0) is 44.8 Å². The normalized spacial score (nSPS) is 12.6. The average molecular weight is 218 g/mol. The van der Waals surface area contributed by atoms with Crippen LogP contribution in [0.25, 0.3) is 32.3 Å². The quantitative estimate of drug-likeness (QED) is 0.368. The lowest BCUT2D eigenvalue weighted by molar-refractivity contribution is 1.55. The Kier molecular flexibility index (Phi) is 1.42. The van der Waals surface area contributed by atoms with Crippen LogP contribution in [0.1, 0.15) is 6.93 Å². The third-order valence-electron chi connectivity index (χ3n) is 3.66. The Balaban J connectivity index is 2.47. The number of hydrogen-bond donors (Lipinski definition) is 0. The molecule has 17 heavy (non-hydrogen) atoms. The molecule has 0 saturated carbocycles. The Labute approximate surface area is 101 Å². The summed E-state index contributed by atoms with van der Waals surface area (Å²) in [7, 11) is 0. The molecule has 0 saturated heterocycles. The van der Waals surface area contributed by atoms with Crippen molar-refractivity contribution >= 4 is 32.3 Å². The molecule has 0 fully saturated rings. The van der Waals surface area contributed by atoms with Crippen molar-refractivity contribution in [3.63, 3.8) is 0 Å². The molecule has 4 aromatic rings. The van der Waals surface area contributed by atoms with Crippen molar-refractivity contribution in [2.45, 2.75) is 6.92 Å². The second-order valence-corrected chi connectivity index (χ2v) is 4.65. The van der Waals surface area contributed by atoms with E-state index in [1.807, 2.05) is 12.1 Å². The molecule has 0 atom stereocenters. The zero-order valence-corrected chi connectivity index (χ0v) is 9.62. The lowest BCUT2D eigenvalue weighted by Crippen LogP contribution is -1.85. The van der Waals surface area contributed by atoms with E-state index in [1.54, 1.807) is 0 Å². The van der Waals surface area contributed by atoms with Gasteiger partial charge in [0.25, 0.3) is 0 Å². The summed E-state index contributed by atoms with van der Waals surface area (Å²) in [5, 5.41) is 7.39. The van der Waals surface area contributed by atoms with E-state index in [1.165, 1.54) is 32.5 Å². The maximum atomic E-state index is 8.06. The Bertz CT molecular complexity index is 814. The highest BCUT2D eigenvalue weighted by atomic mass is 14.1. The molecule has 0 aliphatic carbocycles. The molecule has 0 spiro atoms. The molecule has 4 rings (SSSR count). The molecular formula is C17H12. The number of hydrogen-bond acceptors (Lipinski definition) is 0. The monoisotopic (exact) mass is 218 g/mol. The van der Waals surface area contributed by atoms with Gasteiger partial charge < -0.3 is 0 Å². The summed E-state index contributed by atoms with van der Waals surface area (Å²) in [6, 6.07) is 17.4. The predicted molar refractivity (Wildman–Crippen MR) is 74.9 cm³/mol. The van der Waals surface area contributed by atoms with Crippen LogP contribution in [0, 0.1) is 6.92 Å². The lowest BCUT2D eigenvalue weighted by atomic mass is 9.92. The van der Waals surface area contributed by atoms with E-state index in [-0.39, 0.29) is 0 Å². The summed E-state index contributed by atoms with van der Waals surface area (Å²) < 4.78 is 8.06. The first-order valence-corrected chi connectivity index (χ1v) is 5.89. The van der Waals surface area contributed by atoms with E-state index < -0.39 is 0 Å².